The molecule has 4 heteroatoms. The number of aryl methyl sites for hydroxylation is 2. The van der Waals surface area contributed by atoms with Gasteiger partial charge in [-0.05, 0) is 57.6 Å². The zero-order valence-corrected chi connectivity index (χ0v) is 27.7. The molecule has 1 unspecified atom stereocenters. The molecular formula is C39H49N3O. The van der Waals surface area contributed by atoms with Crippen LogP contribution in [0.4, 0.5) is 5.69 Å². The Morgan fingerprint density at radius 3 is 1.79 bits per heavy atom. The third kappa shape index (κ3) is 5.77. The maximum Gasteiger partial charge on any atom is 0.136 e. The first-order chi connectivity index (χ1) is 20.5. The first-order valence-corrected chi connectivity index (χ1v) is 16.1. The Labute approximate surface area is 258 Å². The molecule has 2 heterocycles. The number of benzene rings is 3. The third-order valence-electron chi connectivity index (χ3n) is 8.78. The molecule has 1 atom stereocenters. The van der Waals surface area contributed by atoms with Crippen molar-refractivity contribution >= 4 is 16.7 Å². The van der Waals surface area contributed by atoms with Gasteiger partial charge < -0.3 is 14.3 Å². The number of hydrogen-bond donors (Lipinski definition) is 1. The average molecular weight is 576 g/mol. The van der Waals surface area contributed by atoms with E-state index in [0.717, 1.165) is 40.2 Å². The molecule has 0 aliphatic carbocycles. The average Bonchev–Trinajstić information content (AvgIpc) is 3.54. The summed E-state index contributed by atoms with van der Waals surface area (Å²) < 4.78 is 8.54. The van der Waals surface area contributed by atoms with E-state index in [9.17, 15) is 0 Å². The van der Waals surface area contributed by atoms with Gasteiger partial charge in [-0.2, -0.15) is 0 Å². The number of imidazole rings is 1. The number of aromatic nitrogens is 2. The van der Waals surface area contributed by atoms with E-state index in [-0.39, 0.29) is 6.04 Å². The van der Waals surface area contributed by atoms with Crippen molar-refractivity contribution < 1.29 is 4.42 Å². The highest BCUT2D eigenvalue weighted by Gasteiger charge is 2.30. The van der Waals surface area contributed by atoms with E-state index < -0.39 is 0 Å². The molecule has 3 aromatic carbocycles. The van der Waals surface area contributed by atoms with Crippen molar-refractivity contribution in [3.05, 3.63) is 106 Å². The molecule has 2 aromatic heterocycles. The molecule has 0 aliphatic rings. The molecule has 0 fully saturated rings. The monoisotopic (exact) mass is 575 g/mol. The van der Waals surface area contributed by atoms with Crippen LogP contribution in [0, 0.1) is 0 Å². The molecule has 4 nitrogen and oxygen atoms in total. The van der Waals surface area contributed by atoms with Crippen molar-refractivity contribution in [1.82, 2.24) is 9.55 Å². The van der Waals surface area contributed by atoms with Crippen molar-refractivity contribution in [2.45, 2.75) is 98.4 Å². The van der Waals surface area contributed by atoms with Crippen molar-refractivity contribution in [3.8, 4) is 11.3 Å². The van der Waals surface area contributed by atoms with Crippen LogP contribution in [0.2, 0.25) is 0 Å². The van der Waals surface area contributed by atoms with Crippen LogP contribution in [-0.4, -0.2) is 9.55 Å². The van der Waals surface area contributed by atoms with E-state index in [2.05, 4.69) is 140 Å². The lowest BCUT2D eigenvalue weighted by Gasteiger charge is -2.31. The second kappa shape index (κ2) is 12.4. The van der Waals surface area contributed by atoms with Gasteiger partial charge in [-0.15, -0.1) is 0 Å². The van der Waals surface area contributed by atoms with Gasteiger partial charge in [0.25, 0.3) is 0 Å². The number of furan rings is 1. The predicted molar refractivity (Wildman–Crippen MR) is 182 cm³/mol. The summed E-state index contributed by atoms with van der Waals surface area (Å²) in [6.07, 6.45) is 3.00. The van der Waals surface area contributed by atoms with Gasteiger partial charge in [0.05, 0.1) is 11.3 Å². The highest BCUT2D eigenvalue weighted by atomic mass is 16.3. The summed E-state index contributed by atoms with van der Waals surface area (Å²) in [7, 11) is 2.14. The molecule has 0 amide bonds. The summed E-state index contributed by atoms with van der Waals surface area (Å²) in [5.41, 5.74) is 11.0. The Morgan fingerprint density at radius 1 is 0.721 bits per heavy atom. The molecule has 0 saturated heterocycles. The normalized spacial score (nSPS) is 12.8. The minimum atomic E-state index is -0.143. The minimum absolute atomic E-state index is 0.143. The van der Waals surface area contributed by atoms with E-state index in [1.54, 1.807) is 0 Å². The number of para-hydroxylation sites is 2. The molecule has 1 N–H and O–H groups in total. The lowest BCUT2D eigenvalue weighted by atomic mass is 9.84. The summed E-state index contributed by atoms with van der Waals surface area (Å²) >= 11 is 0. The smallest absolute Gasteiger partial charge is 0.136 e. The van der Waals surface area contributed by atoms with Gasteiger partial charge in [0.1, 0.15) is 23.2 Å². The molecule has 0 bridgehead atoms. The first-order valence-electron chi connectivity index (χ1n) is 16.1. The molecule has 0 saturated carbocycles. The Morgan fingerprint density at radius 2 is 1.26 bits per heavy atom. The fourth-order valence-electron chi connectivity index (χ4n) is 6.57. The third-order valence-corrected chi connectivity index (χ3v) is 8.78. The number of rotatable bonds is 10. The van der Waals surface area contributed by atoms with Crippen LogP contribution in [0.3, 0.4) is 0 Å². The molecule has 5 aromatic rings. The first kappa shape index (κ1) is 30.7. The molecule has 0 radical (unpaired) electrons. The van der Waals surface area contributed by atoms with Crippen LogP contribution in [0.15, 0.2) is 71.3 Å². The van der Waals surface area contributed by atoms with Gasteiger partial charge in [0.2, 0.25) is 0 Å². The van der Waals surface area contributed by atoms with Crippen LogP contribution in [0.25, 0.3) is 22.2 Å². The van der Waals surface area contributed by atoms with Gasteiger partial charge in [0.15, 0.2) is 0 Å². The zero-order valence-electron chi connectivity index (χ0n) is 27.7. The number of nitrogens with zero attached hydrogens (tertiary/aromatic N) is 2. The SMILES string of the molecule is CCc1oc2ccccc2c1-c1cn(C)c(C(Nc2c(C(C)C)cccc2C(C)C)c2c(C(C)C)cccc2C(C)C)n1. The lowest BCUT2D eigenvalue weighted by molar-refractivity contribution is 0.558. The zero-order chi connectivity index (χ0) is 31.0. The van der Waals surface area contributed by atoms with E-state index in [4.69, 9.17) is 9.40 Å². The van der Waals surface area contributed by atoms with Crippen LogP contribution in [-0.2, 0) is 13.5 Å². The molecule has 0 aliphatic heterocycles. The van der Waals surface area contributed by atoms with Gasteiger partial charge in [-0.3, -0.25) is 0 Å². The van der Waals surface area contributed by atoms with Gasteiger partial charge in [-0.25, -0.2) is 4.98 Å². The van der Waals surface area contributed by atoms with E-state index in [0.29, 0.717) is 23.7 Å². The van der Waals surface area contributed by atoms with Crippen LogP contribution in [0.5, 0.6) is 0 Å². The van der Waals surface area contributed by atoms with Crippen LogP contribution >= 0.6 is 0 Å². The topological polar surface area (TPSA) is 43.0 Å². The van der Waals surface area contributed by atoms with Gasteiger partial charge in [-0.1, -0.05) is 117 Å². The summed E-state index contributed by atoms with van der Waals surface area (Å²) in [6, 6.07) is 21.8. The predicted octanol–water partition coefficient (Wildman–Crippen LogP) is 11.1. The molecule has 43 heavy (non-hydrogen) atoms. The summed E-state index contributed by atoms with van der Waals surface area (Å²) in [6.45, 7) is 20.5. The second-order valence-electron chi connectivity index (χ2n) is 13.2. The standard InChI is InChI=1S/C39H49N3O/c1-11-33-36(31-16-12-13-21-34(31)43-33)32-22-42(10)39(40-32)38(35-27(23(2)3)17-14-18-28(35)24(4)5)41-37-29(25(6)7)19-15-20-30(37)26(8)9/h12-26,38,41H,11H2,1-10H3. The lowest BCUT2D eigenvalue weighted by Crippen LogP contribution is -2.22. The van der Waals surface area contributed by atoms with Crippen LogP contribution in [0.1, 0.15) is 131 Å². The fraction of sp³-hybridized carbons (Fsp3) is 0.410. The summed E-state index contributed by atoms with van der Waals surface area (Å²) in [5.74, 6) is 3.49. The Kier molecular flexibility index (Phi) is 8.87. The maximum absolute atomic E-state index is 6.31. The molecular weight excluding hydrogens is 526 g/mol. The van der Waals surface area contributed by atoms with Crippen LogP contribution < -0.4 is 5.32 Å². The summed E-state index contributed by atoms with van der Waals surface area (Å²) in [4.78, 5) is 5.47. The quantitative estimate of drug-likeness (QED) is 0.180. The van der Waals surface area contributed by atoms with E-state index in [1.165, 1.54) is 33.5 Å². The maximum atomic E-state index is 6.31. The summed E-state index contributed by atoms with van der Waals surface area (Å²) in [5, 5.41) is 5.28. The van der Waals surface area contributed by atoms with Crippen molar-refractivity contribution in [1.29, 1.82) is 0 Å². The van der Waals surface area contributed by atoms with Gasteiger partial charge in [0, 0.05) is 30.7 Å². The van der Waals surface area contributed by atoms with E-state index in [1.807, 2.05) is 6.07 Å². The van der Waals surface area contributed by atoms with E-state index >= 15 is 0 Å². The minimum Gasteiger partial charge on any atom is -0.460 e. The highest BCUT2D eigenvalue weighted by Crippen LogP contribution is 2.42. The number of anilines is 1. The van der Waals surface area contributed by atoms with Crippen molar-refractivity contribution in [2.75, 3.05) is 5.32 Å². The number of fused-ring (bicyclic) bond motifs is 1. The highest BCUT2D eigenvalue weighted by molar-refractivity contribution is 5.94. The largest absolute Gasteiger partial charge is 0.460 e. The Bertz CT molecular complexity index is 1660. The molecule has 5 rings (SSSR count). The van der Waals surface area contributed by atoms with Crippen molar-refractivity contribution in [2.24, 2.45) is 7.05 Å². The Balaban J connectivity index is 1.80. The molecule has 226 valence electrons. The second-order valence-corrected chi connectivity index (χ2v) is 13.2. The van der Waals surface area contributed by atoms with Gasteiger partial charge >= 0.3 is 0 Å². The molecule has 0 spiro atoms. The van der Waals surface area contributed by atoms with Crippen molar-refractivity contribution in [3.63, 3.8) is 0 Å². The number of nitrogens with one attached hydrogen (secondary N) is 1. The Hall–Kier alpha value is -3.79. The number of hydrogen-bond acceptors (Lipinski definition) is 3. The fourth-order valence-corrected chi connectivity index (χ4v) is 6.57.